The first-order chi connectivity index (χ1) is 14.4. The number of pyridine rings is 1. The first kappa shape index (κ1) is 20.0. The van der Waals surface area contributed by atoms with Gasteiger partial charge in [-0.3, -0.25) is 4.79 Å². The molecule has 0 saturated carbocycles. The summed E-state index contributed by atoms with van der Waals surface area (Å²) in [4.78, 5) is 20.1. The lowest BCUT2D eigenvalue weighted by Gasteiger charge is -2.14. The summed E-state index contributed by atoms with van der Waals surface area (Å²) in [6.07, 6.45) is -1.57. The molecule has 0 fully saturated rings. The van der Waals surface area contributed by atoms with Crippen molar-refractivity contribution in [1.29, 1.82) is 0 Å². The molecule has 3 aromatic rings. The number of H-pyrrole nitrogens is 1. The minimum Gasteiger partial charge on any atom is -0.370 e. The Labute approximate surface area is 171 Å². The zero-order valence-corrected chi connectivity index (χ0v) is 16.1. The molecular formula is C22H21F3N4O. The fourth-order valence-corrected chi connectivity index (χ4v) is 3.62. The fraction of sp³-hybridized carbons (Fsp3) is 0.273. The number of carbonyl (C=O) groups is 1. The van der Waals surface area contributed by atoms with Gasteiger partial charge in [0.1, 0.15) is 5.82 Å². The van der Waals surface area contributed by atoms with E-state index in [0.717, 1.165) is 35.5 Å². The SMILES string of the molecule is O=C1CCCc2[nH]c(-c3ccnc(NCCC(F)(F)F)c3)c(Nc3ccccc3)c21. The van der Waals surface area contributed by atoms with Crippen molar-refractivity contribution in [1.82, 2.24) is 9.97 Å². The van der Waals surface area contributed by atoms with Crippen molar-refractivity contribution in [3.8, 4) is 11.3 Å². The van der Waals surface area contributed by atoms with Gasteiger partial charge in [-0.1, -0.05) is 18.2 Å². The second-order valence-corrected chi connectivity index (χ2v) is 7.22. The molecule has 156 valence electrons. The van der Waals surface area contributed by atoms with E-state index in [0.29, 0.717) is 23.5 Å². The number of ketones is 1. The Morgan fingerprint density at radius 3 is 2.67 bits per heavy atom. The molecule has 2 aromatic heterocycles. The third-order valence-corrected chi connectivity index (χ3v) is 4.99. The van der Waals surface area contributed by atoms with Crippen LogP contribution in [-0.2, 0) is 6.42 Å². The van der Waals surface area contributed by atoms with Gasteiger partial charge in [0.05, 0.1) is 23.4 Å². The van der Waals surface area contributed by atoms with Crippen molar-refractivity contribution >= 4 is 23.0 Å². The number of aryl methyl sites for hydroxylation is 1. The maximum Gasteiger partial charge on any atom is 0.390 e. The molecule has 8 heteroatoms. The zero-order chi connectivity index (χ0) is 21.1. The number of hydrogen-bond donors (Lipinski definition) is 3. The summed E-state index contributed by atoms with van der Waals surface area (Å²) in [5, 5.41) is 6.07. The predicted molar refractivity (Wildman–Crippen MR) is 110 cm³/mol. The third kappa shape index (κ3) is 4.48. The van der Waals surface area contributed by atoms with Crippen molar-refractivity contribution in [2.45, 2.75) is 31.9 Å². The fourth-order valence-electron chi connectivity index (χ4n) is 3.62. The molecule has 0 radical (unpaired) electrons. The summed E-state index contributed by atoms with van der Waals surface area (Å²) in [6, 6.07) is 13.0. The van der Waals surface area contributed by atoms with Gasteiger partial charge in [0.2, 0.25) is 0 Å². The van der Waals surface area contributed by atoms with Crippen LogP contribution in [0.4, 0.5) is 30.4 Å². The summed E-state index contributed by atoms with van der Waals surface area (Å²) in [5.74, 6) is 0.427. The van der Waals surface area contributed by atoms with Gasteiger partial charge >= 0.3 is 6.18 Å². The van der Waals surface area contributed by atoms with Crippen LogP contribution in [-0.4, -0.2) is 28.5 Å². The number of rotatable bonds is 6. The number of halogens is 3. The minimum absolute atomic E-state index is 0.0785. The Bertz CT molecular complexity index is 1040. The first-order valence-corrected chi connectivity index (χ1v) is 9.78. The van der Waals surface area contributed by atoms with Gasteiger partial charge in [0, 0.05) is 36.1 Å². The summed E-state index contributed by atoms with van der Waals surface area (Å²) in [5.41, 5.74) is 4.52. The molecule has 5 nitrogen and oxygen atoms in total. The van der Waals surface area contributed by atoms with E-state index in [1.807, 2.05) is 30.3 Å². The number of aromatic amines is 1. The van der Waals surface area contributed by atoms with E-state index >= 15 is 0 Å². The highest BCUT2D eigenvalue weighted by molar-refractivity contribution is 6.07. The van der Waals surface area contributed by atoms with E-state index in [4.69, 9.17) is 0 Å². The van der Waals surface area contributed by atoms with E-state index in [1.165, 1.54) is 0 Å². The molecule has 0 aliphatic heterocycles. The van der Waals surface area contributed by atoms with Gasteiger partial charge in [0.25, 0.3) is 0 Å². The molecule has 1 aromatic carbocycles. The Morgan fingerprint density at radius 1 is 1.10 bits per heavy atom. The van der Waals surface area contributed by atoms with Crippen LogP contribution >= 0.6 is 0 Å². The Balaban J connectivity index is 1.68. The second kappa shape index (κ2) is 8.22. The zero-order valence-electron chi connectivity index (χ0n) is 16.1. The Kier molecular flexibility index (Phi) is 5.48. The van der Waals surface area contributed by atoms with Crippen LogP contribution in [0, 0.1) is 0 Å². The predicted octanol–water partition coefficient (Wildman–Crippen LogP) is 5.70. The number of carbonyl (C=O) groups excluding carboxylic acids is 1. The van der Waals surface area contributed by atoms with Crippen molar-refractivity contribution in [2.75, 3.05) is 17.2 Å². The lowest BCUT2D eigenvalue weighted by Crippen LogP contribution is -2.15. The molecule has 1 aliphatic carbocycles. The van der Waals surface area contributed by atoms with Gasteiger partial charge in [-0.25, -0.2) is 4.98 Å². The molecule has 0 saturated heterocycles. The number of alkyl halides is 3. The molecule has 4 rings (SSSR count). The van der Waals surface area contributed by atoms with Crippen molar-refractivity contribution < 1.29 is 18.0 Å². The molecule has 0 spiro atoms. The number of para-hydroxylation sites is 1. The van der Waals surface area contributed by atoms with Crippen molar-refractivity contribution in [3.63, 3.8) is 0 Å². The van der Waals surface area contributed by atoms with Gasteiger partial charge in [-0.15, -0.1) is 0 Å². The van der Waals surface area contributed by atoms with Gasteiger partial charge in [-0.05, 0) is 37.1 Å². The van der Waals surface area contributed by atoms with E-state index < -0.39 is 12.6 Å². The topological polar surface area (TPSA) is 69.8 Å². The van der Waals surface area contributed by atoms with Crippen LogP contribution in [0.5, 0.6) is 0 Å². The number of benzene rings is 1. The summed E-state index contributed by atoms with van der Waals surface area (Å²) < 4.78 is 37.3. The number of nitrogens with zero attached hydrogens (tertiary/aromatic N) is 1. The number of hydrogen-bond acceptors (Lipinski definition) is 4. The maximum atomic E-state index is 12.7. The molecular weight excluding hydrogens is 393 g/mol. The first-order valence-electron chi connectivity index (χ1n) is 9.78. The van der Waals surface area contributed by atoms with E-state index in [9.17, 15) is 18.0 Å². The van der Waals surface area contributed by atoms with E-state index in [-0.39, 0.29) is 12.3 Å². The number of fused-ring (bicyclic) bond motifs is 1. The number of aromatic nitrogens is 2. The smallest absolute Gasteiger partial charge is 0.370 e. The van der Waals surface area contributed by atoms with Crippen LogP contribution in [0.15, 0.2) is 48.7 Å². The van der Waals surface area contributed by atoms with Gasteiger partial charge < -0.3 is 15.6 Å². The molecule has 2 heterocycles. The van der Waals surface area contributed by atoms with Gasteiger partial charge in [0.15, 0.2) is 5.78 Å². The average molecular weight is 414 g/mol. The van der Waals surface area contributed by atoms with Crippen LogP contribution < -0.4 is 10.6 Å². The molecule has 0 amide bonds. The number of anilines is 3. The van der Waals surface area contributed by atoms with Crippen LogP contribution in [0.2, 0.25) is 0 Å². The molecule has 0 unspecified atom stereocenters. The summed E-state index contributed by atoms with van der Waals surface area (Å²) in [6.45, 7) is -0.255. The van der Waals surface area contributed by atoms with Crippen molar-refractivity contribution in [3.05, 3.63) is 59.9 Å². The van der Waals surface area contributed by atoms with Gasteiger partial charge in [-0.2, -0.15) is 13.2 Å². The summed E-state index contributed by atoms with van der Waals surface area (Å²) >= 11 is 0. The van der Waals surface area contributed by atoms with E-state index in [2.05, 4.69) is 20.6 Å². The second-order valence-electron chi connectivity index (χ2n) is 7.22. The number of Topliss-reactive ketones (excluding diaryl/α,β-unsaturated/α-hetero) is 1. The number of nitrogens with one attached hydrogen (secondary N) is 3. The Hall–Kier alpha value is -3.29. The summed E-state index contributed by atoms with van der Waals surface area (Å²) in [7, 11) is 0. The Morgan fingerprint density at radius 2 is 1.90 bits per heavy atom. The molecule has 3 N–H and O–H groups in total. The normalized spacial score (nSPS) is 13.8. The van der Waals surface area contributed by atoms with E-state index in [1.54, 1.807) is 18.3 Å². The molecule has 30 heavy (non-hydrogen) atoms. The van der Waals surface area contributed by atoms with Crippen LogP contribution in [0.3, 0.4) is 0 Å². The molecule has 1 aliphatic rings. The monoisotopic (exact) mass is 414 g/mol. The van der Waals surface area contributed by atoms with Crippen LogP contribution in [0.25, 0.3) is 11.3 Å². The van der Waals surface area contributed by atoms with Crippen molar-refractivity contribution in [2.24, 2.45) is 0 Å². The highest BCUT2D eigenvalue weighted by Crippen LogP contribution is 2.39. The lowest BCUT2D eigenvalue weighted by molar-refractivity contribution is -0.131. The maximum absolute atomic E-state index is 12.7. The highest BCUT2D eigenvalue weighted by Gasteiger charge is 2.28. The molecule has 0 atom stereocenters. The minimum atomic E-state index is -4.23. The van der Waals surface area contributed by atoms with Crippen LogP contribution in [0.1, 0.15) is 35.3 Å². The largest absolute Gasteiger partial charge is 0.390 e. The standard InChI is InChI=1S/C22H21F3N4O/c23-22(24,25)10-12-27-18-13-14(9-11-26-18)20-21(28-15-5-2-1-3-6-15)19-16(29-20)7-4-8-17(19)30/h1-3,5-6,9,11,13,28-29H,4,7-8,10,12H2,(H,26,27). The highest BCUT2D eigenvalue weighted by atomic mass is 19.4. The lowest BCUT2D eigenvalue weighted by atomic mass is 9.95. The third-order valence-electron chi connectivity index (χ3n) is 4.99. The molecule has 0 bridgehead atoms. The average Bonchev–Trinajstić information content (AvgIpc) is 3.08. The quantitative estimate of drug-likeness (QED) is 0.484.